The number of ether oxygens (including phenoxy) is 1. The first-order chi connectivity index (χ1) is 9.80. The van der Waals surface area contributed by atoms with Crippen molar-refractivity contribution in [2.24, 2.45) is 5.92 Å². The lowest BCUT2D eigenvalue weighted by Crippen LogP contribution is -2.20. The van der Waals surface area contributed by atoms with Gasteiger partial charge in [0.25, 0.3) is 0 Å². The molecule has 1 fully saturated rings. The molecule has 0 radical (unpaired) electrons. The van der Waals surface area contributed by atoms with Crippen molar-refractivity contribution in [2.75, 3.05) is 18.9 Å². The largest absolute Gasteiger partial charge is 0.481 e. The van der Waals surface area contributed by atoms with Crippen LogP contribution in [0, 0.1) is 5.92 Å². The Morgan fingerprint density at radius 1 is 1.33 bits per heavy atom. The van der Waals surface area contributed by atoms with Crippen LogP contribution in [0.2, 0.25) is 0 Å². The van der Waals surface area contributed by atoms with Crippen molar-refractivity contribution >= 4 is 19.3 Å². The van der Waals surface area contributed by atoms with Crippen molar-refractivity contribution in [2.45, 2.75) is 44.6 Å². The molecule has 7 nitrogen and oxygen atoms in total. The van der Waals surface area contributed by atoms with Gasteiger partial charge in [0.2, 0.25) is 7.37 Å². The summed E-state index contributed by atoms with van der Waals surface area (Å²) in [6.45, 7) is 0.734. The molecule has 21 heavy (non-hydrogen) atoms. The molecule has 3 atom stereocenters. The molecule has 1 rings (SSSR count). The summed E-state index contributed by atoms with van der Waals surface area (Å²) in [4.78, 5) is 31.4. The van der Waals surface area contributed by atoms with Gasteiger partial charge >= 0.3 is 11.9 Å². The van der Waals surface area contributed by atoms with Gasteiger partial charge in [0.15, 0.2) is 0 Å². The van der Waals surface area contributed by atoms with E-state index < -0.39 is 25.2 Å². The van der Waals surface area contributed by atoms with E-state index >= 15 is 0 Å². The number of carboxylic acid groups (broad SMARTS) is 2. The second kappa shape index (κ2) is 8.51. The van der Waals surface area contributed by atoms with Gasteiger partial charge in [-0.15, -0.1) is 0 Å². The van der Waals surface area contributed by atoms with E-state index in [0.717, 1.165) is 19.4 Å². The van der Waals surface area contributed by atoms with Gasteiger partial charge < -0.3 is 19.8 Å². The van der Waals surface area contributed by atoms with Crippen LogP contribution in [0.1, 0.15) is 38.5 Å². The Labute approximate surface area is 123 Å². The Morgan fingerprint density at radius 3 is 2.57 bits per heavy atom. The molecule has 1 heterocycles. The molecular formula is C13H23O7P. The highest BCUT2D eigenvalue weighted by Gasteiger charge is 2.29. The third-order valence-electron chi connectivity index (χ3n) is 3.62. The average Bonchev–Trinajstić information content (AvgIpc) is 2.86. The Balaban J connectivity index is 2.37. The van der Waals surface area contributed by atoms with Gasteiger partial charge in [0.1, 0.15) is 0 Å². The molecule has 0 saturated carbocycles. The Bertz CT molecular complexity index is 403. The van der Waals surface area contributed by atoms with E-state index in [9.17, 15) is 19.0 Å². The minimum atomic E-state index is -3.55. The van der Waals surface area contributed by atoms with Crippen LogP contribution >= 0.6 is 7.37 Å². The molecule has 1 aliphatic heterocycles. The predicted molar refractivity (Wildman–Crippen MR) is 75.8 cm³/mol. The van der Waals surface area contributed by atoms with E-state index in [-0.39, 0.29) is 31.3 Å². The van der Waals surface area contributed by atoms with Crippen molar-refractivity contribution in [3.63, 3.8) is 0 Å². The zero-order valence-corrected chi connectivity index (χ0v) is 12.8. The molecule has 0 aliphatic carbocycles. The molecule has 8 heteroatoms. The van der Waals surface area contributed by atoms with Gasteiger partial charge in [0, 0.05) is 25.4 Å². The highest BCUT2D eigenvalue weighted by Crippen LogP contribution is 2.44. The Kier molecular flexibility index (Phi) is 7.35. The van der Waals surface area contributed by atoms with Crippen LogP contribution in [0.25, 0.3) is 0 Å². The summed E-state index contributed by atoms with van der Waals surface area (Å²) < 4.78 is 17.5. The maximum Gasteiger partial charge on any atom is 0.307 e. The molecule has 0 spiro atoms. The maximum atomic E-state index is 12.1. The first-order valence-electron chi connectivity index (χ1n) is 7.17. The number of hydrogen-bond donors (Lipinski definition) is 3. The van der Waals surface area contributed by atoms with E-state index in [2.05, 4.69) is 0 Å². The molecular weight excluding hydrogens is 299 g/mol. The molecule has 0 aromatic rings. The minimum absolute atomic E-state index is 0.0592. The summed E-state index contributed by atoms with van der Waals surface area (Å²) in [5.74, 6) is -3.41. The molecule has 3 unspecified atom stereocenters. The van der Waals surface area contributed by atoms with E-state index in [1.165, 1.54) is 0 Å². The normalized spacial score (nSPS) is 22.6. The van der Waals surface area contributed by atoms with Crippen LogP contribution in [0.4, 0.5) is 0 Å². The van der Waals surface area contributed by atoms with E-state index in [0.29, 0.717) is 12.8 Å². The van der Waals surface area contributed by atoms with Crippen molar-refractivity contribution in [1.29, 1.82) is 0 Å². The van der Waals surface area contributed by atoms with Crippen LogP contribution in [-0.2, 0) is 18.9 Å². The quantitative estimate of drug-likeness (QED) is 0.524. The number of hydrogen-bond acceptors (Lipinski definition) is 4. The third-order valence-corrected chi connectivity index (χ3v) is 5.65. The SMILES string of the molecule is O=C(O)CCC(CP(=O)(O)CCCC1CCCO1)C(=O)O. The topological polar surface area (TPSA) is 121 Å². The smallest absolute Gasteiger partial charge is 0.307 e. The summed E-state index contributed by atoms with van der Waals surface area (Å²) in [5.41, 5.74) is 0. The number of carboxylic acids is 2. The number of rotatable bonds is 10. The van der Waals surface area contributed by atoms with Crippen molar-refractivity contribution in [3.8, 4) is 0 Å². The zero-order chi connectivity index (χ0) is 15.9. The van der Waals surface area contributed by atoms with Gasteiger partial charge in [0.05, 0.1) is 12.0 Å². The first-order valence-corrected chi connectivity index (χ1v) is 9.20. The molecule has 0 aromatic carbocycles. The Hall–Kier alpha value is -0.910. The third kappa shape index (κ3) is 7.60. The molecule has 0 amide bonds. The van der Waals surface area contributed by atoms with Crippen LogP contribution in [-0.4, -0.2) is 52.1 Å². The summed E-state index contributed by atoms with van der Waals surface area (Å²) >= 11 is 0. The fraction of sp³-hybridized carbons (Fsp3) is 0.846. The number of aliphatic carboxylic acids is 2. The fourth-order valence-electron chi connectivity index (χ4n) is 2.46. The molecule has 122 valence electrons. The minimum Gasteiger partial charge on any atom is -0.481 e. The molecule has 1 saturated heterocycles. The van der Waals surface area contributed by atoms with Crippen LogP contribution in [0.5, 0.6) is 0 Å². The molecule has 1 aliphatic rings. The first kappa shape index (κ1) is 18.1. The summed E-state index contributed by atoms with van der Waals surface area (Å²) in [7, 11) is -3.55. The van der Waals surface area contributed by atoms with E-state index in [1.807, 2.05) is 0 Å². The highest BCUT2D eigenvalue weighted by atomic mass is 31.2. The standard InChI is InChI=1S/C13H23O7P/c14-12(15)6-5-10(13(16)17)9-21(18,19)8-2-4-11-3-1-7-20-11/h10-11H,1-9H2,(H,14,15)(H,16,17)(H,18,19). The number of carbonyl (C=O) groups is 2. The van der Waals surface area contributed by atoms with Crippen molar-refractivity contribution in [3.05, 3.63) is 0 Å². The van der Waals surface area contributed by atoms with Gasteiger partial charge in [-0.25, -0.2) is 0 Å². The molecule has 0 bridgehead atoms. The summed E-state index contributed by atoms with van der Waals surface area (Å²) in [6, 6.07) is 0. The highest BCUT2D eigenvalue weighted by molar-refractivity contribution is 7.58. The second-order valence-corrected chi connectivity index (χ2v) is 8.00. The van der Waals surface area contributed by atoms with Crippen LogP contribution in [0.3, 0.4) is 0 Å². The fourth-order valence-corrected chi connectivity index (χ4v) is 4.35. The van der Waals surface area contributed by atoms with Crippen molar-refractivity contribution < 1.29 is 34.0 Å². The maximum absolute atomic E-state index is 12.1. The molecule has 0 aromatic heterocycles. The second-order valence-electron chi connectivity index (χ2n) is 5.50. The lowest BCUT2D eigenvalue weighted by molar-refractivity contribution is -0.142. The predicted octanol–water partition coefficient (Wildman–Crippen LogP) is 1.78. The lowest BCUT2D eigenvalue weighted by atomic mass is 10.1. The van der Waals surface area contributed by atoms with Gasteiger partial charge in [-0.3, -0.25) is 14.2 Å². The van der Waals surface area contributed by atoms with E-state index in [4.69, 9.17) is 14.9 Å². The zero-order valence-electron chi connectivity index (χ0n) is 11.9. The monoisotopic (exact) mass is 322 g/mol. The Morgan fingerprint density at radius 2 is 2.05 bits per heavy atom. The van der Waals surface area contributed by atoms with Gasteiger partial charge in [-0.1, -0.05) is 0 Å². The van der Waals surface area contributed by atoms with Gasteiger partial charge in [-0.05, 0) is 32.1 Å². The lowest BCUT2D eigenvalue weighted by Gasteiger charge is -2.17. The molecule has 3 N–H and O–H groups in total. The van der Waals surface area contributed by atoms with Gasteiger partial charge in [-0.2, -0.15) is 0 Å². The van der Waals surface area contributed by atoms with Crippen LogP contribution < -0.4 is 0 Å². The van der Waals surface area contributed by atoms with Crippen LogP contribution in [0.15, 0.2) is 0 Å². The van der Waals surface area contributed by atoms with Crippen molar-refractivity contribution in [1.82, 2.24) is 0 Å². The average molecular weight is 322 g/mol. The summed E-state index contributed by atoms with van der Waals surface area (Å²) in [5, 5.41) is 17.6. The van der Waals surface area contributed by atoms with E-state index in [1.54, 1.807) is 0 Å². The summed E-state index contributed by atoms with van der Waals surface area (Å²) in [6.07, 6.45) is 2.61.